The van der Waals surface area contributed by atoms with Gasteiger partial charge in [0.2, 0.25) is 5.90 Å². The molecule has 0 saturated heterocycles. The predicted molar refractivity (Wildman–Crippen MR) is 180 cm³/mol. The summed E-state index contributed by atoms with van der Waals surface area (Å²) in [5, 5.41) is 16.1. The molecule has 11 heteroatoms. The van der Waals surface area contributed by atoms with Gasteiger partial charge in [0.25, 0.3) is 5.91 Å². The zero-order valence-electron chi connectivity index (χ0n) is 25.3. The first-order valence-corrected chi connectivity index (χ1v) is 15.7. The minimum atomic E-state index is -1.47. The Labute approximate surface area is 275 Å². The monoisotopic (exact) mass is 683 g/mol. The van der Waals surface area contributed by atoms with Gasteiger partial charge in [0.1, 0.15) is 11.5 Å². The van der Waals surface area contributed by atoms with Crippen LogP contribution in [0, 0.1) is 0 Å². The standard InChI is InChI=1S/C35H34BrN5O5/c1-44-28-10-6-8-24(22-28)18-19-38-34(43)35(23-26-9-2-4-12-30(26)36)32(29-11-3-5-13-31(29)40-41-37)46-33(39-35)25-14-16-27(17-15-25)45-21-7-20-42/h2-6,8-17,22,32,42H,7,18-21,23H2,1H3,(H,38,43)/t32-,35-/m1/s1. The van der Waals surface area contributed by atoms with Crippen LogP contribution in [0.15, 0.2) is 112 Å². The number of aliphatic hydroxyl groups is 1. The normalized spacial score (nSPS) is 16.9. The van der Waals surface area contributed by atoms with Gasteiger partial charge in [-0.15, -0.1) is 0 Å². The van der Waals surface area contributed by atoms with Gasteiger partial charge in [0, 0.05) is 52.2 Å². The number of nitrogens with zero attached hydrogens (tertiary/aromatic N) is 4. The molecule has 10 nitrogen and oxygen atoms in total. The molecule has 0 unspecified atom stereocenters. The van der Waals surface area contributed by atoms with Crippen LogP contribution in [0.2, 0.25) is 0 Å². The second kappa shape index (κ2) is 15.4. The number of nitrogens with one attached hydrogen (secondary N) is 1. The van der Waals surface area contributed by atoms with E-state index in [9.17, 15) is 10.3 Å². The Morgan fingerprint density at radius 1 is 1.07 bits per heavy atom. The molecule has 4 aromatic rings. The zero-order chi connectivity index (χ0) is 32.4. The van der Waals surface area contributed by atoms with E-state index in [-0.39, 0.29) is 24.8 Å². The van der Waals surface area contributed by atoms with E-state index in [1.807, 2.05) is 66.7 Å². The molecule has 5 rings (SSSR count). The van der Waals surface area contributed by atoms with Gasteiger partial charge >= 0.3 is 0 Å². The number of carbonyl (C=O) groups excluding carboxylic acids is 1. The van der Waals surface area contributed by atoms with Crippen LogP contribution in [0.3, 0.4) is 0 Å². The third-order valence-electron chi connectivity index (χ3n) is 7.65. The molecule has 2 N–H and O–H groups in total. The summed E-state index contributed by atoms with van der Waals surface area (Å²) in [6.45, 7) is 0.776. The highest BCUT2D eigenvalue weighted by atomic mass is 79.9. The summed E-state index contributed by atoms with van der Waals surface area (Å²) in [5.74, 6) is 1.33. The number of benzene rings is 4. The van der Waals surface area contributed by atoms with E-state index in [4.69, 9.17) is 24.3 Å². The van der Waals surface area contributed by atoms with Crippen molar-refractivity contribution < 1.29 is 24.1 Å². The van der Waals surface area contributed by atoms with Gasteiger partial charge in [0.05, 0.1) is 13.7 Å². The fourth-order valence-electron chi connectivity index (χ4n) is 5.34. The Morgan fingerprint density at radius 3 is 2.61 bits per heavy atom. The largest absolute Gasteiger partial charge is 0.497 e. The summed E-state index contributed by atoms with van der Waals surface area (Å²) in [5.41, 5.74) is 11.3. The summed E-state index contributed by atoms with van der Waals surface area (Å²) >= 11 is 3.65. The van der Waals surface area contributed by atoms with Crippen LogP contribution in [0.25, 0.3) is 10.4 Å². The van der Waals surface area contributed by atoms with E-state index < -0.39 is 11.6 Å². The molecule has 1 aliphatic heterocycles. The number of rotatable bonds is 14. The predicted octanol–water partition coefficient (Wildman–Crippen LogP) is 7.02. The lowest BCUT2D eigenvalue weighted by molar-refractivity contribution is -0.128. The molecule has 1 heterocycles. The maximum absolute atomic E-state index is 14.5. The number of carbonyl (C=O) groups is 1. The first-order chi connectivity index (χ1) is 22.5. The summed E-state index contributed by atoms with van der Waals surface area (Å²) in [6, 6.07) is 29.7. The van der Waals surface area contributed by atoms with Gasteiger partial charge < -0.3 is 24.6 Å². The van der Waals surface area contributed by atoms with Crippen molar-refractivity contribution in [1.29, 1.82) is 0 Å². The Balaban J connectivity index is 1.56. The second-order valence-electron chi connectivity index (χ2n) is 10.7. The van der Waals surface area contributed by atoms with Crippen LogP contribution in [0.5, 0.6) is 11.5 Å². The van der Waals surface area contributed by atoms with Gasteiger partial charge in [-0.3, -0.25) is 4.79 Å². The molecule has 0 fully saturated rings. The average Bonchev–Trinajstić information content (AvgIpc) is 3.47. The highest BCUT2D eigenvalue weighted by molar-refractivity contribution is 9.10. The van der Waals surface area contributed by atoms with Crippen LogP contribution in [0.1, 0.15) is 34.8 Å². The number of halogens is 1. The number of methoxy groups -OCH3 is 1. The lowest BCUT2D eigenvalue weighted by Gasteiger charge is -2.31. The molecule has 236 valence electrons. The Kier molecular flexibility index (Phi) is 10.9. The molecule has 0 bridgehead atoms. The smallest absolute Gasteiger partial charge is 0.252 e. The number of ether oxygens (including phenoxy) is 3. The Bertz CT molecular complexity index is 1740. The first-order valence-electron chi connectivity index (χ1n) is 14.9. The van der Waals surface area contributed by atoms with Crippen molar-refractivity contribution in [2.45, 2.75) is 30.9 Å². The summed E-state index contributed by atoms with van der Waals surface area (Å²) in [7, 11) is 1.62. The van der Waals surface area contributed by atoms with E-state index in [2.05, 4.69) is 31.3 Å². The summed E-state index contributed by atoms with van der Waals surface area (Å²) < 4.78 is 18.5. The van der Waals surface area contributed by atoms with E-state index in [1.165, 1.54) is 0 Å². The molecule has 46 heavy (non-hydrogen) atoms. The fraction of sp³-hybridized carbons (Fsp3) is 0.257. The van der Waals surface area contributed by atoms with Crippen molar-refractivity contribution in [2.75, 3.05) is 26.9 Å². The van der Waals surface area contributed by atoms with Crippen LogP contribution in [0.4, 0.5) is 5.69 Å². The van der Waals surface area contributed by atoms with Crippen LogP contribution in [-0.4, -0.2) is 49.3 Å². The molecular weight excluding hydrogens is 650 g/mol. The van der Waals surface area contributed by atoms with Crippen molar-refractivity contribution in [3.05, 3.63) is 134 Å². The van der Waals surface area contributed by atoms with Crippen LogP contribution >= 0.6 is 15.9 Å². The van der Waals surface area contributed by atoms with E-state index in [0.717, 1.165) is 21.3 Å². The Morgan fingerprint density at radius 2 is 1.85 bits per heavy atom. The van der Waals surface area contributed by atoms with Crippen molar-refractivity contribution in [3.63, 3.8) is 0 Å². The quantitative estimate of drug-likeness (QED) is 0.0637. The van der Waals surface area contributed by atoms with Gasteiger partial charge in [-0.2, -0.15) is 0 Å². The van der Waals surface area contributed by atoms with E-state index in [0.29, 0.717) is 48.6 Å². The minimum absolute atomic E-state index is 0.0443. The summed E-state index contributed by atoms with van der Waals surface area (Å²) in [4.78, 5) is 22.6. The zero-order valence-corrected chi connectivity index (χ0v) is 26.9. The van der Waals surface area contributed by atoms with Gasteiger partial charge in [-0.05, 0) is 65.5 Å². The maximum Gasteiger partial charge on any atom is 0.252 e. The number of hydrogen-bond acceptors (Lipinski definition) is 7. The molecule has 0 radical (unpaired) electrons. The number of aliphatic imine (C=N–C) groups is 1. The molecule has 0 saturated carbocycles. The van der Waals surface area contributed by atoms with Crippen LogP contribution in [-0.2, 0) is 22.4 Å². The highest BCUT2D eigenvalue weighted by Crippen LogP contribution is 2.46. The van der Waals surface area contributed by atoms with Gasteiger partial charge in [-0.1, -0.05) is 75.6 Å². The van der Waals surface area contributed by atoms with Gasteiger partial charge in [0.15, 0.2) is 11.6 Å². The van der Waals surface area contributed by atoms with Crippen molar-refractivity contribution in [3.8, 4) is 11.5 Å². The number of amides is 1. The number of hydrogen-bond donors (Lipinski definition) is 2. The third kappa shape index (κ3) is 7.51. The van der Waals surface area contributed by atoms with Crippen molar-refractivity contribution in [2.24, 2.45) is 10.1 Å². The lowest BCUT2D eigenvalue weighted by Crippen LogP contribution is -2.50. The van der Waals surface area contributed by atoms with Crippen molar-refractivity contribution >= 4 is 33.4 Å². The maximum atomic E-state index is 14.5. The molecule has 1 aliphatic rings. The molecule has 0 aromatic heterocycles. The molecule has 1 amide bonds. The topological polar surface area (TPSA) is 138 Å². The van der Waals surface area contributed by atoms with Gasteiger partial charge in [-0.25, -0.2) is 4.99 Å². The van der Waals surface area contributed by atoms with E-state index in [1.54, 1.807) is 37.4 Å². The molecule has 0 aliphatic carbocycles. The molecule has 2 atom stereocenters. The number of azide groups is 1. The highest BCUT2D eigenvalue weighted by Gasteiger charge is 2.54. The van der Waals surface area contributed by atoms with Crippen LogP contribution < -0.4 is 14.8 Å². The lowest BCUT2D eigenvalue weighted by atomic mass is 9.81. The minimum Gasteiger partial charge on any atom is -0.497 e. The second-order valence-corrected chi connectivity index (χ2v) is 11.5. The number of aliphatic hydroxyl groups excluding tert-OH is 1. The first kappa shape index (κ1) is 32.6. The average molecular weight is 685 g/mol. The Hall–Kier alpha value is -4.83. The third-order valence-corrected chi connectivity index (χ3v) is 8.43. The van der Waals surface area contributed by atoms with Crippen molar-refractivity contribution in [1.82, 2.24) is 5.32 Å². The molecule has 4 aromatic carbocycles. The van der Waals surface area contributed by atoms with E-state index >= 15 is 0 Å². The molecule has 0 spiro atoms. The molecular formula is C35H34BrN5O5. The fourth-order valence-corrected chi connectivity index (χ4v) is 5.77. The SMILES string of the molecule is COc1cccc(CCNC(=O)[C@]2(Cc3ccccc3Br)N=C(c3ccc(OCCCO)cc3)O[C@@H]2c2ccccc2N=[N+]=[N-])c1. The summed E-state index contributed by atoms with van der Waals surface area (Å²) in [6.07, 6.45) is 0.367.